The van der Waals surface area contributed by atoms with Crippen LogP contribution in [0.15, 0.2) is 29.2 Å². The summed E-state index contributed by atoms with van der Waals surface area (Å²) in [5.74, 6) is -0.616. The summed E-state index contributed by atoms with van der Waals surface area (Å²) in [6.45, 7) is 5.25. The van der Waals surface area contributed by atoms with Crippen LogP contribution in [-0.4, -0.2) is 32.8 Å². The van der Waals surface area contributed by atoms with E-state index >= 15 is 0 Å². The third kappa shape index (κ3) is 5.45. The number of amides is 2. The lowest BCUT2D eigenvalue weighted by molar-refractivity contribution is -0.122. The Bertz CT molecular complexity index is 626. The van der Waals surface area contributed by atoms with Crippen molar-refractivity contribution >= 4 is 27.5 Å². The van der Waals surface area contributed by atoms with E-state index in [1.54, 1.807) is 0 Å². The molecule has 0 aliphatic heterocycles. The van der Waals surface area contributed by atoms with Crippen molar-refractivity contribution in [3.8, 4) is 0 Å². The highest BCUT2D eigenvalue weighted by atomic mass is 32.2. The van der Waals surface area contributed by atoms with Crippen molar-refractivity contribution in [2.75, 3.05) is 11.9 Å². The summed E-state index contributed by atoms with van der Waals surface area (Å²) in [4.78, 5) is 22.6. The van der Waals surface area contributed by atoms with Crippen molar-refractivity contribution in [1.29, 1.82) is 0 Å². The summed E-state index contributed by atoms with van der Waals surface area (Å²) in [6.07, 6.45) is 0.774. The summed E-state index contributed by atoms with van der Waals surface area (Å²) in [5.41, 5.74) is 0.500. The van der Waals surface area contributed by atoms with E-state index in [1.807, 2.05) is 6.92 Å². The van der Waals surface area contributed by atoms with E-state index in [1.165, 1.54) is 38.1 Å². The molecule has 0 aromatic heterocycles. The quantitative estimate of drug-likeness (QED) is 0.690. The second kappa shape index (κ2) is 7.90. The molecule has 3 N–H and O–H groups in total. The van der Waals surface area contributed by atoms with Gasteiger partial charge in [-0.3, -0.25) is 9.59 Å². The maximum atomic E-state index is 12.2. The van der Waals surface area contributed by atoms with Gasteiger partial charge in [-0.05, 0) is 37.6 Å². The van der Waals surface area contributed by atoms with Crippen molar-refractivity contribution < 1.29 is 18.0 Å². The Morgan fingerprint density at radius 2 is 1.77 bits per heavy atom. The molecule has 1 atom stereocenters. The molecule has 0 bridgehead atoms. The number of anilines is 1. The summed E-state index contributed by atoms with van der Waals surface area (Å²) >= 11 is 0. The molecule has 0 saturated heterocycles. The lowest BCUT2D eigenvalue weighted by Crippen LogP contribution is -2.44. The molecule has 0 fully saturated rings. The molecule has 122 valence electrons. The average molecular weight is 327 g/mol. The van der Waals surface area contributed by atoms with Gasteiger partial charge in [0.1, 0.15) is 0 Å². The zero-order chi connectivity index (χ0) is 16.8. The zero-order valence-corrected chi connectivity index (χ0v) is 13.7. The molecule has 1 aromatic carbocycles. The molecule has 0 spiro atoms. The molecule has 2 amide bonds. The van der Waals surface area contributed by atoms with Crippen LogP contribution in [0.5, 0.6) is 0 Å². The van der Waals surface area contributed by atoms with Gasteiger partial charge in [-0.25, -0.2) is 8.42 Å². The highest BCUT2D eigenvalue weighted by Gasteiger charge is 2.21. The van der Waals surface area contributed by atoms with Crippen LogP contribution >= 0.6 is 0 Å². The Balaban J connectivity index is 2.77. The Morgan fingerprint density at radius 3 is 2.27 bits per heavy atom. The SMILES string of the molecule is CCCNC(=O)[C@@H](C)NS(=O)(=O)c1ccc(NC(C)=O)cc1. The third-order valence-corrected chi connectivity index (χ3v) is 4.32. The minimum atomic E-state index is -3.80. The van der Waals surface area contributed by atoms with E-state index in [0.29, 0.717) is 12.2 Å². The van der Waals surface area contributed by atoms with E-state index in [2.05, 4.69) is 15.4 Å². The summed E-state index contributed by atoms with van der Waals surface area (Å²) in [7, 11) is -3.80. The number of sulfonamides is 1. The number of nitrogens with one attached hydrogen (secondary N) is 3. The molecule has 7 nitrogen and oxygen atoms in total. The molecule has 1 rings (SSSR count). The van der Waals surface area contributed by atoms with Gasteiger partial charge in [0, 0.05) is 19.2 Å². The second-order valence-electron chi connectivity index (χ2n) is 4.84. The molecule has 1 aromatic rings. The molecule has 0 aliphatic carbocycles. The smallest absolute Gasteiger partial charge is 0.241 e. The van der Waals surface area contributed by atoms with Crippen LogP contribution in [-0.2, 0) is 19.6 Å². The van der Waals surface area contributed by atoms with Gasteiger partial charge in [0.05, 0.1) is 10.9 Å². The minimum absolute atomic E-state index is 0.0248. The van der Waals surface area contributed by atoms with Crippen molar-refractivity contribution in [2.24, 2.45) is 0 Å². The Morgan fingerprint density at radius 1 is 1.18 bits per heavy atom. The molecule has 0 saturated carbocycles. The molecular weight excluding hydrogens is 306 g/mol. The fraction of sp³-hybridized carbons (Fsp3) is 0.429. The van der Waals surface area contributed by atoms with Gasteiger partial charge >= 0.3 is 0 Å². The predicted octanol–water partition coefficient (Wildman–Crippen LogP) is 0.838. The van der Waals surface area contributed by atoms with Gasteiger partial charge in [-0.1, -0.05) is 6.92 Å². The normalized spacial score (nSPS) is 12.5. The van der Waals surface area contributed by atoms with Crippen LogP contribution in [0.2, 0.25) is 0 Å². The summed E-state index contributed by atoms with van der Waals surface area (Å²) in [6, 6.07) is 4.83. The average Bonchev–Trinajstić information content (AvgIpc) is 2.44. The van der Waals surface area contributed by atoms with Crippen LogP contribution in [0.4, 0.5) is 5.69 Å². The van der Waals surface area contributed by atoms with Gasteiger partial charge in [-0.15, -0.1) is 0 Å². The zero-order valence-electron chi connectivity index (χ0n) is 12.8. The topological polar surface area (TPSA) is 104 Å². The van der Waals surface area contributed by atoms with Crippen molar-refractivity contribution in [3.05, 3.63) is 24.3 Å². The predicted molar refractivity (Wildman–Crippen MR) is 83.8 cm³/mol. The molecule has 0 heterocycles. The van der Waals surface area contributed by atoms with E-state index in [4.69, 9.17) is 0 Å². The number of carbonyl (C=O) groups excluding carboxylic acids is 2. The molecule has 8 heteroatoms. The van der Waals surface area contributed by atoms with E-state index in [0.717, 1.165) is 6.42 Å². The van der Waals surface area contributed by atoms with Gasteiger partial charge in [0.2, 0.25) is 21.8 Å². The van der Waals surface area contributed by atoms with Crippen LogP contribution < -0.4 is 15.4 Å². The lowest BCUT2D eigenvalue weighted by Gasteiger charge is -2.14. The number of hydrogen-bond donors (Lipinski definition) is 3. The minimum Gasteiger partial charge on any atom is -0.355 e. The van der Waals surface area contributed by atoms with Crippen molar-refractivity contribution in [2.45, 2.75) is 38.1 Å². The first-order chi connectivity index (χ1) is 10.3. The van der Waals surface area contributed by atoms with E-state index < -0.39 is 16.1 Å². The maximum absolute atomic E-state index is 12.2. The van der Waals surface area contributed by atoms with Crippen LogP contribution in [0, 0.1) is 0 Å². The molecule has 22 heavy (non-hydrogen) atoms. The number of rotatable bonds is 7. The van der Waals surface area contributed by atoms with Crippen LogP contribution in [0.25, 0.3) is 0 Å². The fourth-order valence-corrected chi connectivity index (χ4v) is 2.88. The lowest BCUT2D eigenvalue weighted by atomic mass is 10.3. The second-order valence-corrected chi connectivity index (χ2v) is 6.55. The van der Waals surface area contributed by atoms with Gasteiger partial charge < -0.3 is 10.6 Å². The highest BCUT2D eigenvalue weighted by Crippen LogP contribution is 2.14. The number of benzene rings is 1. The van der Waals surface area contributed by atoms with Crippen LogP contribution in [0.3, 0.4) is 0 Å². The first-order valence-electron chi connectivity index (χ1n) is 6.94. The summed E-state index contributed by atoms with van der Waals surface area (Å²) < 4.78 is 26.7. The first-order valence-corrected chi connectivity index (χ1v) is 8.42. The third-order valence-electron chi connectivity index (χ3n) is 2.76. The molecule has 0 radical (unpaired) electrons. The van der Waals surface area contributed by atoms with Crippen molar-refractivity contribution in [1.82, 2.24) is 10.0 Å². The van der Waals surface area contributed by atoms with Gasteiger partial charge in [-0.2, -0.15) is 4.72 Å². The Hall–Kier alpha value is -1.93. The van der Waals surface area contributed by atoms with Crippen molar-refractivity contribution in [3.63, 3.8) is 0 Å². The number of hydrogen-bond acceptors (Lipinski definition) is 4. The molecular formula is C14H21N3O4S. The monoisotopic (exact) mass is 327 g/mol. The number of carbonyl (C=O) groups is 2. The Labute approximate surface area is 130 Å². The van der Waals surface area contributed by atoms with E-state index in [-0.39, 0.29) is 16.7 Å². The summed E-state index contributed by atoms with van der Waals surface area (Å²) in [5, 5.41) is 5.17. The fourth-order valence-electron chi connectivity index (χ4n) is 1.68. The first kappa shape index (κ1) is 18.1. The van der Waals surface area contributed by atoms with Crippen LogP contribution in [0.1, 0.15) is 27.2 Å². The molecule has 0 aliphatic rings. The Kier molecular flexibility index (Phi) is 6.51. The van der Waals surface area contributed by atoms with E-state index in [9.17, 15) is 18.0 Å². The van der Waals surface area contributed by atoms with Gasteiger partial charge in [0.25, 0.3) is 0 Å². The largest absolute Gasteiger partial charge is 0.355 e. The maximum Gasteiger partial charge on any atom is 0.241 e. The highest BCUT2D eigenvalue weighted by molar-refractivity contribution is 7.89. The standard InChI is InChI=1S/C14H21N3O4S/c1-4-9-15-14(19)10(2)17-22(20,21)13-7-5-12(6-8-13)16-11(3)18/h5-8,10,17H,4,9H2,1-3H3,(H,15,19)(H,16,18)/t10-/m1/s1. The molecule has 0 unspecified atom stereocenters. The van der Waals surface area contributed by atoms with Gasteiger partial charge in [0.15, 0.2) is 0 Å².